The monoisotopic (exact) mass is 348 g/mol. The van der Waals surface area contributed by atoms with Crippen molar-refractivity contribution in [2.45, 2.75) is 4.90 Å². The molecule has 3 rings (SSSR count). The molecule has 0 unspecified atom stereocenters. The van der Waals surface area contributed by atoms with E-state index < -0.39 is 9.84 Å². The number of sulfone groups is 1. The van der Waals surface area contributed by atoms with Crippen molar-refractivity contribution in [3.8, 4) is 5.75 Å². The zero-order valence-electron chi connectivity index (χ0n) is 12.1. The molecule has 1 heterocycles. The lowest BCUT2D eigenvalue weighted by Crippen LogP contribution is -2.00. The van der Waals surface area contributed by atoms with Gasteiger partial charge in [0.15, 0.2) is 9.84 Å². The van der Waals surface area contributed by atoms with E-state index in [9.17, 15) is 13.5 Å². The molecule has 0 aliphatic rings. The highest BCUT2D eigenvalue weighted by atomic mass is 35.5. The van der Waals surface area contributed by atoms with Crippen LogP contribution in [0.5, 0.6) is 5.75 Å². The summed E-state index contributed by atoms with van der Waals surface area (Å²) in [5.74, 6) is 0.0404. The van der Waals surface area contributed by atoms with Crippen LogP contribution in [0.1, 0.15) is 0 Å². The summed E-state index contributed by atoms with van der Waals surface area (Å²) in [4.78, 5) is 4.34. The van der Waals surface area contributed by atoms with Crippen molar-refractivity contribution < 1.29 is 13.5 Å². The van der Waals surface area contributed by atoms with E-state index in [0.29, 0.717) is 27.3 Å². The van der Waals surface area contributed by atoms with E-state index in [1.54, 1.807) is 30.3 Å². The molecule has 0 bridgehead atoms. The first-order valence-electron chi connectivity index (χ1n) is 6.69. The predicted octanol–water partition coefficient (Wildman–Crippen LogP) is 3.74. The zero-order chi connectivity index (χ0) is 16.6. The number of phenolic OH excluding ortho intramolecular Hbond substituents is 1. The van der Waals surface area contributed by atoms with Crippen LogP contribution in [0, 0.1) is 0 Å². The molecule has 0 fully saturated rings. The van der Waals surface area contributed by atoms with Crippen LogP contribution in [-0.2, 0) is 9.84 Å². The van der Waals surface area contributed by atoms with Gasteiger partial charge in [0.25, 0.3) is 0 Å². The number of nitrogens with zero attached hydrogens (tertiary/aromatic N) is 1. The van der Waals surface area contributed by atoms with Crippen molar-refractivity contribution in [1.29, 1.82) is 0 Å². The third-order valence-corrected chi connectivity index (χ3v) is 4.72. The van der Waals surface area contributed by atoms with Crippen LogP contribution < -0.4 is 5.32 Å². The van der Waals surface area contributed by atoms with Crippen LogP contribution in [-0.4, -0.2) is 24.8 Å². The lowest BCUT2D eigenvalue weighted by Gasteiger charge is -2.12. The molecule has 0 saturated heterocycles. The average molecular weight is 349 g/mol. The van der Waals surface area contributed by atoms with Gasteiger partial charge in [0.2, 0.25) is 0 Å². The number of rotatable bonds is 3. The number of anilines is 2. The minimum Gasteiger partial charge on any atom is -0.506 e. The van der Waals surface area contributed by atoms with Crippen molar-refractivity contribution >= 4 is 43.7 Å². The van der Waals surface area contributed by atoms with Gasteiger partial charge in [-0.25, -0.2) is 8.42 Å². The summed E-state index contributed by atoms with van der Waals surface area (Å²) in [5.41, 5.74) is 1.43. The molecule has 118 valence electrons. The first-order chi connectivity index (χ1) is 10.9. The Balaban J connectivity index is 2.18. The summed E-state index contributed by atoms with van der Waals surface area (Å²) in [5, 5.41) is 14.1. The fourth-order valence-electron chi connectivity index (χ4n) is 2.31. The van der Waals surface area contributed by atoms with Crippen molar-refractivity contribution in [3.63, 3.8) is 0 Å². The Morgan fingerprint density at radius 2 is 1.91 bits per heavy atom. The molecule has 2 aromatic carbocycles. The molecule has 5 nitrogen and oxygen atoms in total. The molecule has 0 saturated carbocycles. The SMILES string of the molecule is CS(=O)(=O)c1cccc2c(Nc3cc(Cl)ccc3O)ccnc12. The summed E-state index contributed by atoms with van der Waals surface area (Å²) < 4.78 is 23.8. The Labute approximate surface area is 138 Å². The Morgan fingerprint density at radius 3 is 2.65 bits per heavy atom. The number of benzene rings is 2. The number of aromatic hydroxyl groups is 1. The van der Waals surface area contributed by atoms with Crippen LogP contribution in [0.25, 0.3) is 10.9 Å². The highest BCUT2D eigenvalue weighted by Crippen LogP contribution is 2.33. The van der Waals surface area contributed by atoms with E-state index in [0.717, 1.165) is 6.26 Å². The summed E-state index contributed by atoms with van der Waals surface area (Å²) in [7, 11) is -3.39. The molecule has 2 N–H and O–H groups in total. The molecule has 1 aromatic heterocycles. The zero-order valence-corrected chi connectivity index (χ0v) is 13.7. The second kappa shape index (κ2) is 5.72. The Bertz CT molecular complexity index is 1000. The largest absolute Gasteiger partial charge is 0.506 e. The highest BCUT2D eigenvalue weighted by molar-refractivity contribution is 7.91. The Kier molecular flexibility index (Phi) is 3.87. The van der Waals surface area contributed by atoms with Gasteiger partial charge in [-0.15, -0.1) is 0 Å². The number of fused-ring (bicyclic) bond motifs is 1. The second-order valence-electron chi connectivity index (χ2n) is 5.07. The molecule has 0 aliphatic carbocycles. The topological polar surface area (TPSA) is 79.3 Å². The van der Waals surface area contributed by atoms with Gasteiger partial charge >= 0.3 is 0 Å². The smallest absolute Gasteiger partial charge is 0.177 e. The van der Waals surface area contributed by atoms with Gasteiger partial charge in [-0.05, 0) is 30.3 Å². The minimum absolute atomic E-state index is 0.0404. The first-order valence-corrected chi connectivity index (χ1v) is 8.96. The van der Waals surface area contributed by atoms with E-state index in [4.69, 9.17) is 11.6 Å². The van der Waals surface area contributed by atoms with Gasteiger partial charge in [0.1, 0.15) is 5.75 Å². The number of hydrogen-bond donors (Lipinski definition) is 2. The maximum atomic E-state index is 11.9. The van der Waals surface area contributed by atoms with Gasteiger partial charge in [-0.2, -0.15) is 0 Å². The molecule has 0 spiro atoms. The normalized spacial score (nSPS) is 11.6. The van der Waals surface area contributed by atoms with Gasteiger partial charge in [-0.3, -0.25) is 4.98 Å². The lowest BCUT2D eigenvalue weighted by molar-refractivity contribution is 0.478. The number of halogens is 1. The second-order valence-corrected chi connectivity index (χ2v) is 7.49. The van der Waals surface area contributed by atoms with Crippen LogP contribution in [0.15, 0.2) is 53.6 Å². The molecule has 0 aliphatic heterocycles. The quantitative estimate of drug-likeness (QED) is 0.705. The Morgan fingerprint density at radius 1 is 1.13 bits per heavy atom. The van der Waals surface area contributed by atoms with Crippen molar-refractivity contribution in [2.24, 2.45) is 0 Å². The fraction of sp³-hybridized carbons (Fsp3) is 0.0625. The maximum Gasteiger partial charge on any atom is 0.177 e. The van der Waals surface area contributed by atoms with Crippen molar-refractivity contribution in [1.82, 2.24) is 4.98 Å². The van der Waals surface area contributed by atoms with Gasteiger partial charge < -0.3 is 10.4 Å². The average Bonchev–Trinajstić information content (AvgIpc) is 2.50. The van der Waals surface area contributed by atoms with Gasteiger partial charge in [0, 0.05) is 28.5 Å². The van der Waals surface area contributed by atoms with Gasteiger partial charge in [-0.1, -0.05) is 23.7 Å². The maximum absolute atomic E-state index is 11.9. The van der Waals surface area contributed by atoms with Crippen LogP contribution >= 0.6 is 11.6 Å². The Hall–Kier alpha value is -2.31. The third kappa shape index (κ3) is 3.09. The fourth-order valence-corrected chi connectivity index (χ4v) is 3.32. The molecule has 0 atom stereocenters. The molecule has 0 amide bonds. The predicted molar refractivity (Wildman–Crippen MR) is 91.3 cm³/mol. The summed E-state index contributed by atoms with van der Waals surface area (Å²) in [6.45, 7) is 0. The van der Waals surface area contributed by atoms with E-state index >= 15 is 0 Å². The number of para-hydroxylation sites is 1. The molecule has 3 aromatic rings. The number of pyridine rings is 1. The van der Waals surface area contributed by atoms with Crippen molar-refractivity contribution in [2.75, 3.05) is 11.6 Å². The first kappa shape index (κ1) is 15.6. The van der Waals surface area contributed by atoms with Gasteiger partial charge in [0.05, 0.1) is 16.1 Å². The minimum atomic E-state index is -3.39. The summed E-state index contributed by atoms with van der Waals surface area (Å²) >= 11 is 5.94. The van der Waals surface area contributed by atoms with E-state index in [1.807, 2.05) is 0 Å². The molecular formula is C16H13ClN2O3S. The molecule has 7 heteroatoms. The van der Waals surface area contributed by atoms with Crippen LogP contribution in [0.2, 0.25) is 5.02 Å². The van der Waals surface area contributed by atoms with Crippen LogP contribution in [0.3, 0.4) is 0 Å². The molecule has 0 radical (unpaired) electrons. The van der Waals surface area contributed by atoms with Crippen LogP contribution in [0.4, 0.5) is 11.4 Å². The number of phenols is 1. The van der Waals surface area contributed by atoms with E-state index in [1.165, 1.54) is 18.3 Å². The number of hydrogen-bond acceptors (Lipinski definition) is 5. The van der Waals surface area contributed by atoms with E-state index in [-0.39, 0.29) is 10.6 Å². The number of nitrogens with one attached hydrogen (secondary N) is 1. The molecular weight excluding hydrogens is 336 g/mol. The lowest BCUT2D eigenvalue weighted by atomic mass is 10.1. The van der Waals surface area contributed by atoms with Crippen molar-refractivity contribution in [3.05, 3.63) is 53.7 Å². The van der Waals surface area contributed by atoms with E-state index in [2.05, 4.69) is 10.3 Å². The highest BCUT2D eigenvalue weighted by Gasteiger charge is 2.14. The summed E-state index contributed by atoms with van der Waals surface area (Å²) in [6, 6.07) is 11.3. The molecule has 23 heavy (non-hydrogen) atoms. The number of aromatic nitrogens is 1. The standard InChI is InChI=1S/C16H13ClN2O3S/c1-23(21,22)15-4-2-3-11-12(7-8-18-16(11)15)19-13-9-10(17)5-6-14(13)20/h2-9,20H,1H3,(H,18,19). The summed E-state index contributed by atoms with van der Waals surface area (Å²) in [6.07, 6.45) is 2.66. The third-order valence-electron chi connectivity index (χ3n) is 3.36.